The first-order chi connectivity index (χ1) is 33.2. The summed E-state index contributed by atoms with van der Waals surface area (Å²) in [6.45, 7) is 16.2. The van der Waals surface area contributed by atoms with Gasteiger partial charge in [0.25, 0.3) is 25.8 Å². The summed E-state index contributed by atoms with van der Waals surface area (Å²) in [5, 5.41) is 2.99. The zero-order valence-corrected chi connectivity index (χ0v) is 43.6. The van der Waals surface area contributed by atoms with Crippen LogP contribution in [0, 0.1) is 10.8 Å². The number of amides is 2. The molecule has 13 nitrogen and oxygen atoms in total. The number of benzene rings is 3. The highest BCUT2D eigenvalue weighted by atomic mass is 32.2. The Kier molecular flexibility index (Phi) is 15.0. The van der Waals surface area contributed by atoms with Crippen LogP contribution < -0.4 is 14.9 Å². The number of nitrogens with one attached hydrogen (secondary N) is 2. The number of alkyl halides is 4. The highest BCUT2D eigenvalue weighted by Crippen LogP contribution is 2.74. The molecule has 71 heavy (non-hydrogen) atoms. The molecule has 20 heteroatoms. The molecule has 1 atom stereocenters. The number of anilines is 2. The second-order valence-electron chi connectivity index (χ2n) is 21.8. The number of allylic oxidation sites excluding steroid dienone is 1. The van der Waals surface area contributed by atoms with Crippen LogP contribution in [0.2, 0.25) is 0 Å². The van der Waals surface area contributed by atoms with Gasteiger partial charge in [0, 0.05) is 98.8 Å². The molecule has 2 aliphatic heterocycles. The molecule has 4 aliphatic carbocycles. The van der Waals surface area contributed by atoms with Crippen molar-refractivity contribution < 1.29 is 48.7 Å². The fourth-order valence-corrected chi connectivity index (χ4v) is 13.7. The van der Waals surface area contributed by atoms with Crippen molar-refractivity contribution in [1.82, 2.24) is 19.4 Å². The van der Waals surface area contributed by atoms with E-state index in [4.69, 9.17) is 4.74 Å². The van der Waals surface area contributed by atoms with Gasteiger partial charge in [-0.3, -0.25) is 14.6 Å². The van der Waals surface area contributed by atoms with E-state index in [1.165, 1.54) is 35.0 Å². The number of ether oxygens (including phenoxy) is 1. The van der Waals surface area contributed by atoms with E-state index >= 15 is 0 Å². The summed E-state index contributed by atoms with van der Waals surface area (Å²) in [4.78, 5) is 33.1. The highest BCUT2D eigenvalue weighted by molar-refractivity contribution is 7.99. The molecule has 6 aliphatic rings. The van der Waals surface area contributed by atoms with Crippen molar-refractivity contribution in [2.45, 2.75) is 117 Å². The molecule has 388 valence electrons. The van der Waals surface area contributed by atoms with E-state index < -0.39 is 70.2 Å². The molecule has 0 unspecified atom stereocenters. The van der Waals surface area contributed by atoms with Gasteiger partial charge in [-0.05, 0) is 126 Å². The Bertz CT molecular complexity index is 2680. The Hall–Kier alpha value is -4.37. The number of rotatable bonds is 16. The zero-order chi connectivity index (χ0) is 51.2. The second kappa shape index (κ2) is 20.2. The Morgan fingerprint density at radius 2 is 1.46 bits per heavy atom. The van der Waals surface area contributed by atoms with E-state index in [1.807, 2.05) is 35.1 Å². The zero-order valence-electron chi connectivity index (χ0n) is 41.1. The Morgan fingerprint density at radius 3 is 2.07 bits per heavy atom. The van der Waals surface area contributed by atoms with E-state index in [0.717, 1.165) is 74.7 Å². The molecule has 2 saturated heterocycles. The van der Waals surface area contributed by atoms with Gasteiger partial charge in [-0.15, -0.1) is 11.8 Å². The molecule has 9 rings (SSSR count). The third kappa shape index (κ3) is 12.4. The maximum Gasteiger partial charge on any atom is 0.501 e. The number of hydrogen-bond acceptors (Lipinski definition) is 12. The number of hydrogen-bond donors (Lipinski definition) is 2. The summed E-state index contributed by atoms with van der Waals surface area (Å²) in [6, 6.07) is 17.4. The van der Waals surface area contributed by atoms with Crippen LogP contribution in [-0.2, 0) is 24.6 Å². The van der Waals surface area contributed by atoms with Gasteiger partial charge < -0.3 is 19.9 Å². The summed E-state index contributed by atoms with van der Waals surface area (Å²) < 4.78 is 119. The number of carbonyl (C=O) groups excluding carboxylic acids is 2. The predicted octanol–water partition coefficient (Wildman–Crippen LogP) is 9.14. The lowest BCUT2D eigenvalue weighted by Gasteiger charge is -2.68. The van der Waals surface area contributed by atoms with E-state index in [2.05, 4.69) is 33.9 Å². The second-order valence-corrected chi connectivity index (χ2v) is 26.5. The molecule has 2 N–H and O–H groups in total. The SMILES string of the molecule is CC1(C)CCC(CN2CCN(c3ccc(C(=O)NS(=O)(=O)c4ccc(N[C@H](CCN5CCN(C(=O)OC(C)(C)C)CC5)CSc5ccccc5)c(S(=O)(=O)C(F)(F)F)c4)cc3)CC2)=C(C23CC(F)(C2)C3)C1. The maximum absolute atomic E-state index is 14.6. The Labute approximate surface area is 420 Å². The van der Waals surface area contributed by atoms with Crippen LogP contribution in [0.3, 0.4) is 0 Å². The lowest BCUT2D eigenvalue weighted by atomic mass is 9.38. The molecule has 3 aromatic carbocycles. The van der Waals surface area contributed by atoms with Crippen LogP contribution in [0.25, 0.3) is 0 Å². The van der Waals surface area contributed by atoms with Crippen LogP contribution in [0.4, 0.5) is 33.7 Å². The van der Waals surface area contributed by atoms with Gasteiger partial charge in [-0.1, -0.05) is 43.2 Å². The number of sulfonamides is 1. The van der Waals surface area contributed by atoms with Crippen molar-refractivity contribution in [1.29, 1.82) is 0 Å². The van der Waals surface area contributed by atoms with Crippen LogP contribution in [-0.4, -0.2) is 138 Å². The van der Waals surface area contributed by atoms with Crippen LogP contribution in [0.5, 0.6) is 0 Å². The minimum atomic E-state index is -6.11. The van der Waals surface area contributed by atoms with Gasteiger partial charge in [0.15, 0.2) is 0 Å². The van der Waals surface area contributed by atoms with E-state index in [0.29, 0.717) is 70.2 Å². The molecule has 3 aromatic rings. The molecular weight excluding hydrogens is 981 g/mol. The molecule has 0 radical (unpaired) electrons. The number of sulfone groups is 1. The summed E-state index contributed by atoms with van der Waals surface area (Å²) in [6.07, 6.45) is 5.11. The molecule has 0 aromatic heterocycles. The van der Waals surface area contributed by atoms with Gasteiger partial charge in [0.1, 0.15) is 16.2 Å². The van der Waals surface area contributed by atoms with Gasteiger partial charge in [0.05, 0.1) is 10.6 Å². The molecule has 3 saturated carbocycles. The van der Waals surface area contributed by atoms with Crippen molar-refractivity contribution in [3.8, 4) is 0 Å². The molecule has 0 spiro atoms. The van der Waals surface area contributed by atoms with Gasteiger partial charge >= 0.3 is 11.6 Å². The van der Waals surface area contributed by atoms with E-state index in [9.17, 15) is 44.0 Å². The highest BCUT2D eigenvalue weighted by Gasteiger charge is 2.70. The van der Waals surface area contributed by atoms with Crippen molar-refractivity contribution in [3.05, 3.63) is 89.5 Å². The number of thioether (sulfide) groups is 1. The number of halogens is 4. The van der Waals surface area contributed by atoms with Crippen LogP contribution in [0.1, 0.15) is 89.9 Å². The summed E-state index contributed by atoms with van der Waals surface area (Å²) in [7, 11) is -11.0. The normalized spacial score (nSPS) is 23.6. The van der Waals surface area contributed by atoms with Gasteiger partial charge in [0.2, 0.25) is 0 Å². The van der Waals surface area contributed by atoms with Gasteiger partial charge in [-0.25, -0.2) is 30.7 Å². The van der Waals surface area contributed by atoms with Gasteiger partial charge in [-0.2, -0.15) is 13.2 Å². The molecule has 2 bridgehead atoms. The summed E-state index contributed by atoms with van der Waals surface area (Å²) in [5.74, 6) is -0.739. The fourth-order valence-electron chi connectivity index (χ4n) is 10.6. The lowest BCUT2D eigenvalue weighted by Crippen LogP contribution is -2.65. The minimum absolute atomic E-state index is 0.0225. The van der Waals surface area contributed by atoms with Crippen molar-refractivity contribution in [2.24, 2.45) is 10.8 Å². The quantitative estimate of drug-likeness (QED) is 0.0801. The Balaban J connectivity index is 0.914. The first-order valence-electron chi connectivity index (χ1n) is 24.4. The molecular formula is C51H66F4N6O7S3. The number of nitrogens with zero attached hydrogens (tertiary/aromatic N) is 4. The van der Waals surface area contributed by atoms with Crippen molar-refractivity contribution >= 4 is 55.0 Å². The third-order valence-electron chi connectivity index (χ3n) is 14.5. The monoisotopic (exact) mass is 1050 g/mol. The van der Waals surface area contributed by atoms with Crippen molar-refractivity contribution in [2.75, 3.05) is 81.4 Å². The largest absolute Gasteiger partial charge is 0.501 e. The topological polar surface area (TPSA) is 149 Å². The first kappa shape index (κ1) is 52.9. The maximum atomic E-state index is 14.6. The number of piperazine rings is 2. The third-order valence-corrected chi connectivity index (χ3v) is 18.6. The minimum Gasteiger partial charge on any atom is -0.444 e. The Morgan fingerprint density at radius 1 is 0.831 bits per heavy atom. The predicted molar refractivity (Wildman–Crippen MR) is 268 cm³/mol. The summed E-state index contributed by atoms with van der Waals surface area (Å²) >= 11 is 1.41. The standard InChI is InChI=1S/C51H66F4N6O7S3/c1-47(2,3)68-46(63)61-27-21-58(22-28-61)20-18-38(32-69-40-9-7-6-8-10-40)56-43-16-15-41(29-44(43)70(64,65)51(53,54)55)71(66,67)57-45(62)36-11-13-39(14-12-36)60-25-23-59(24-26-60)31-37-17-19-48(4,5)30-42(37)49-33-50(52,34-49)35-49/h6-16,29,38,56H,17-28,30-35H2,1-5H3,(H,57,62)/t38-,49?,50?/m1/s1. The summed E-state index contributed by atoms with van der Waals surface area (Å²) in [5.41, 5.74) is -3.75. The van der Waals surface area contributed by atoms with Crippen LogP contribution >= 0.6 is 11.8 Å². The lowest BCUT2D eigenvalue weighted by molar-refractivity contribution is -0.193. The average Bonchev–Trinajstić information content (AvgIpc) is 3.28. The molecule has 2 amide bonds. The van der Waals surface area contributed by atoms with Crippen molar-refractivity contribution in [3.63, 3.8) is 0 Å². The number of carbonyl (C=O) groups is 2. The molecule has 5 fully saturated rings. The molecule has 2 heterocycles. The van der Waals surface area contributed by atoms with Crippen LogP contribution in [0.15, 0.2) is 98.6 Å². The van der Waals surface area contributed by atoms with E-state index in [-0.39, 0.29) is 16.4 Å². The first-order valence-corrected chi connectivity index (χ1v) is 28.3. The van der Waals surface area contributed by atoms with E-state index in [1.54, 1.807) is 37.8 Å². The smallest absolute Gasteiger partial charge is 0.444 e. The average molecular weight is 1050 g/mol. The fraction of sp³-hybridized carbons (Fsp3) is 0.569.